The Labute approximate surface area is 194 Å². The molecule has 1 aromatic carbocycles. The van der Waals surface area contributed by atoms with E-state index in [1.165, 1.54) is 0 Å². The number of hydrogen-bond donors (Lipinski definition) is 1. The molecular weight excluding hydrogens is 503 g/mol. The third-order valence-corrected chi connectivity index (χ3v) is 5.02. The number of aryl methyl sites for hydroxylation is 1. The number of benzene rings is 1. The molecule has 1 unspecified atom stereocenters. The highest BCUT2D eigenvalue weighted by Gasteiger charge is 2.16. The van der Waals surface area contributed by atoms with Crippen LogP contribution in [0.2, 0.25) is 5.02 Å². The van der Waals surface area contributed by atoms with E-state index < -0.39 is 0 Å². The van der Waals surface area contributed by atoms with Crippen molar-refractivity contribution >= 4 is 41.5 Å². The Hall–Kier alpha value is -1.39. The first kappa shape index (κ1) is 23.9. The Morgan fingerprint density at radius 2 is 2.31 bits per heavy atom. The van der Waals surface area contributed by atoms with Crippen LogP contribution in [-0.4, -0.2) is 58.5 Å². The normalized spacial score (nSPS) is 16.5. The molecule has 1 aliphatic rings. The van der Waals surface area contributed by atoms with Crippen molar-refractivity contribution < 1.29 is 4.74 Å². The fraction of sp³-hybridized carbons (Fsp3) is 0.550. The highest BCUT2D eigenvalue weighted by Crippen LogP contribution is 2.14. The second-order valence-electron chi connectivity index (χ2n) is 7.01. The number of halogens is 2. The molecule has 160 valence electrons. The van der Waals surface area contributed by atoms with Gasteiger partial charge in [-0.3, -0.25) is 4.99 Å². The summed E-state index contributed by atoms with van der Waals surface area (Å²) in [7, 11) is 2.04. The first-order chi connectivity index (χ1) is 13.7. The standard InChI is InChI=1S/C20H29ClN6O.HI/c1-3-19-25-24-15-27(19)10-9-22-20(23-13-18-8-5-11-28-18)26(2)14-16-6-4-7-17(21)12-16;/h4,6-7,12,15,18H,3,5,8-11,13-14H2,1-2H3,(H,22,23);1H. The summed E-state index contributed by atoms with van der Waals surface area (Å²) in [6, 6.07) is 7.92. The molecular formula is C20H30ClIN6O. The molecule has 3 rings (SSSR count). The highest BCUT2D eigenvalue weighted by molar-refractivity contribution is 14.0. The summed E-state index contributed by atoms with van der Waals surface area (Å²) in [4.78, 5) is 6.94. The fourth-order valence-electron chi connectivity index (χ4n) is 3.30. The molecule has 1 aliphatic heterocycles. The summed E-state index contributed by atoms with van der Waals surface area (Å²) in [6.45, 7) is 5.87. The summed E-state index contributed by atoms with van der Waals surface area (Å²) < 4.78 is 7.79. The number of nitrogens with zero attached hydrogens (tertiary/aromatic N) is 5. The smallest absolute Gasteiger partial charge is 0.194 e. The van der Waals surface area contributed by atoms with E-state index in [1.54, 1.807) is 6.33 Å². The lowest BCUT2D eigenvalue weighted by Crippen LogP contribution is -2.40. The predicted molar refractivity (Wildman–Crippen MR) is 127 cm³/mol. The molecule has 0 saturated carbocycles. The summed E-state index contributed by atoms with van der Waals surface area (Å²) >= 11 is 6.13. The molecule has 0 aliphatic carbocycles. The molecule has 0 spiro atoms. The molecule has 0 bridgehead atoms. The zero-order valence-corrected chi connectivity index (χ0v) is 20.1. The summed E-state index contributed by atoms with van der Waals surface area (Å²) in [6.07, 6.45) is 5.07. The topological polar surface area (TPSA) is 67.6 Å². The number of hydrogen-bond acceptors (Lipinski definition) is 4. The quantitative estimate of drug-likeness (QED) is 0.321. The Morgan fingerprint density at radius 1 is 1.45 bits per heavy atom. The van der Waals surface area contributed by atoms with Crippen LogP contribution in [0.25, 0.3) is 0 Å². The van der Waals surface area contributed by atoms with Gasteiger partial charge in [-0.2, -0.15) is 0 Å². The maximum absolute atomic E-state index is 6.13. The van der Waals surface area contributed by atoms with E-state index in [9.17, 15) is 0 Å². The predicted octanol–water partition coefficient (Wildman–Crippen LogP) is 3.37. The minimum atomic E-state index is 0. The maximum atomic E-state index is 6.13. The monoisotopic (exact) mass is 532 g/mol. The Balaban J connectivity index is 0.00000300. The average Bonchev–Trinajstić information content (AvgIpc) is 3.36. The zero-order chi connectivity index (χ0) is 19.8. The second kappa shape index (κ2) is 12.3. The number of ether oxygens (including phenoxy) is 1. The van der Waals surface area contributed by atoms with Gasteiger partial charge in [0, 0.05) is 44.7 Å². The minimum absolute atomic E-state index is 0. The minimum Gasteiger partial charge on any atom is -0.376 e. The first-order valence-electron chi connectivity index (χ1n) is 9.88. The fourth-order valence-corrected chi connectivity index (χ4v) is 3.51. The van der Waals surface area contributed by atoms with E-state index in [1.807, 2.05) is 25.2 Å². The number of nitrogens with one attached hydrogen (secondary N) is 1. The third kappa shape index (κ3) is 7.42. The van der Waals surface area contributed by atoms with E-state index in [0.717, 1.165) is 67.9 Å². The third-order valence-electron chi connectivity index (χ3n) is 4.79. The molecule has 29 heavy (non-hydrogen) atoms. The van der Waals surface area contributed by atoms with Crippen molar-refractivity contribution in [2.75, 3.05) is 26.7 Å². The van der Waals surface area contributed by atoms with Crippen LogP contribution >= 0.6 is 35.6 Å². The SMILES string of the molecule is CCc1nncn1CCNC(=NCC1CCCO1)N(C)Cc1cccc(Cl)c1.I. The van der Waals surface area contributed by atoms with Gasteiger partial charge in [0.15, 0.2) is 5.96 Å². The van der Waals surface area contributed by atoms with Crippen molar-refractivity contribution in [1.29, 1.82) is 0 Å². The van der Waals surface area contributed by atoms with Crippen LogP contribution in [0.15, 0.2) is 35.6 Å². The lowest BCUT2D eigenvalue weighted by atomic mass is 10.2. The van der Waals surface area contributed by atoms with Gasteiger partial charge in [-0.05, 0) is 30.5 Å². The van der Waals surface area contributed by atoms with Gasteiger partial charge in [0.1, 0.15) is 12.2 Å². The number of guanidine groups is 1. The lowest BCUT2D eigenvalue weighted by Gasteiger charge is -2.23. The van der Waals surface area contributed by atoms with Crippen molar-refractivity contribution in [2.45, 2.75) is 45.4 Å². The molecule has 0 amide bonds. The number of aromatic nitrogens is 3. The molecule has 1 saturated heterocycles. The number of rotatable bonds is 8. The molecule has 1 fully saturated rings. The molecule has 7 nitrogen and oxygen atoms in total. The molecule has 2 aromatic rings. The van der Waals surface area contributed by atoms with Gasteiger partial charge in [0.2, 0.25) is 0 Å². The van der Waals surface area contributed by atoms with Gasteiger partial charge in [-0.1, -0.05) is 30.7 Å². The van der Waals surface area contributed by atoms with E-state index in [2.05, 4.69) is 38.0 Å². The van der Waals surface area contributed by atoms with Gasteiger partial charge in [-0.15, -0.1) is 34.2 Å². The van der Waals surface area contributed by atoms with Crippen molar-refractivity contribution in [3.05, 3.63) is 47.0 Å². The molecule has 0 radical (unpaired) electrons. The van der Waals surface area contributed by atoms with Crippen LogP contribution < -0.4 is 5.32 Å². The Morgan fingerprint density at radius 3 is 3.03 bits per heavy atom. The van der Waals surface area contributed by atoms with Crippen molar-refractivity contribution in [1.82, 2.24) is 25.0 Å². The van der Waals surface area contributed by atoms with Gasteiger partial charge in [0.05, 0.1) is 12.6 Å². The van der Waals surface area contributed by atoms with Crippen molar-refractivity contribution in [2.24, 2.45) is 4.99 Å². The van der Waals surface area contributed by atoms with E-state index in [0.29, 0.717) is 6.54 Å². The summed E-state index contributed by atoms with van der Waals surface area (Å²) in [5.41, 5.74) is 1.15. The summed E-state index contributed by atoms with van der Waals surface area (Å²) in [5, 5.41) is 12.4. The van der Waals surface area contributed by atoms with Gasteiger partial charge < -0.3 is 19.5 Å². The largest absolute Gasteiger partial charge is 0.376 e. The lowest BCUT2D eigenvalue weighted by molar-refractivity contribution is 0.117. The first-order valence-corrected chi connectivity index (χ1v) is 10.3. The molecule has 1 atom stereocenters. The second-order valence-corrected chi connectivity index (χ2v) is 7.44. The van der Waals surface area contributed by atoms with Crippen LogP contribution in [0, 0.1) is 0 Å². The van der Waals surface area contributed by atoms with Gasteiger partial charge in [-0.25, -0.2) is 0 Å². The zero-order valence-electron chi connectivity index (χ0n) is 17.1. The van der Waals surface area contributed by atoms with Crippen LogP contribution in [0.5, 0.6) is 0 Å². The molecule has 2 heterocycles. The highest BCUT2D eigenvalue weighted by atomic mass is 127. The Bertz CT molecular complexity index is 778. The van der Waals surface area contributed by atoms with E-state index >= 15 is 0 Å². The van der Waals surface area contributed by atoms with Gasteiger partial charge >= 0.3 is 0 Å². The van der Waals surface area contributed by atoms with Crippen molar-refractivity contribution in [3.63, 3.8) is 0 Å². The van der Waals surface area contributed by atoms with Crippen LogP contribution in [-0.2, 0) is 24.2 Å². The Kier molecular flexibility index (Phi) is 10.2. The summed E-state index contributed by atoms with van der Waals surface area (Å²) in [5.74, 6) is 1.86. The average molecular weight is 533 g/mol. The van der Waals surface area contributed by atoms with E-state index in [4.69, 9.17) is 21.3 Å². The van der Waals surface area contributed by atoms with Crippen molar-refractivity contribution in [3.8, 4) is 0 Å². The van der Waals surface area contributed by atoms with E-state index in [-0.39, 0.29) is 30.1 Å². The van der Waals surface area contributed by atoms with Crippen LogP contribution in [0.4, 0.5) is 0 Å². The number of aliphatic imine (C=N–C) groups is 1. The van der Waals surface area contributed by atoms with Crippen LogP contribution in [0.1, 0.15) is 31.2 Å². The van der Waals surface area contributed by atoms with Crippen LogP contribution in [0.3, 0.4) is 0 Å². The molecule has 9 heteroatoms. The molecule has 1 N–H and O–H groups in total. The van der Waals surface area contributed by atoms with Gasteiger partial charge in [0.25, 0.3) is 0 Å². The molecule has 1 aromatic heterocycles. The maximum Gasteiger partial charge on any atom is 0.194 e.